The Morgan fingerprint density at radius 3 is 2.87 bits per heavy atom. The number of likely N-dealkylation sites (tertiary alicyclic amines) is 1. The maximum atomic E-state index is 5.99. The van der Waals surface area contributed by atoms with Gasteiger partial charge in [0.1, 0.15) is 0 Å². The highest BCUT2D eigenvalue weighted by Gasteiger charge is 2.16. The van der Waals surface area contributed by atoms with Crippen molar-refractivity contribution in [3.05, 3.63) is 23.5 Å². The van der Waals surface area contributed by atoms with Gasteiger partial charge in [0.05, 0.1) is 5.69 Å². The monoisotopic (exact) mass is 225 g/mol. The number of pyridine rings is 1. The first kappa shape index (κ1) is 10.7. The quantitative estimate of drug-likeness (QED) is 0.783. The molecule has 0 atom stereocenters. The minimum Gasteiger partial charge on any atom is -0.380 e. The van der Waals surface area contributed by atoms with Crippen molar-refractivity contribution in [2.24, 2.45) is 0 Å². The second-order valence-electron chi connectivity index (χ2n) is 4.06. The number of rotatable bonds is 2. The second kappa shape index (κ2) is 4.81. The van der Waals surface area contributed by atoms with Crippen LogP contribution >= 0.6 is 11.6 Å². The van der Waals surface area contributed by atoms with Crippen molar-refractivity contribution in [1.82, 2.24) is 9.88 Å². The van der Waals surface area contributed by atoms with Crippen LogP contribution in [0.1, 0.15) is 12.8 Å². The van der Waals surface area contributed by atoms with Crippen molar-refractivity contribution in [2.45, 2.75) is 18.9 Å². The van der Waals surface area contributed by atoms with Gasteiger partial charge in [0.2, 0.25) is 0 Å². The van der Waals surface area contributed by atoms with E-state index in [4.69, 9.17) is 11.6 Å². The molecule has 0 saturated carbocycles. The van der Waals surface area contributed by atoms with E-state index >= 15 is 0 Å². The zero-order valence-electron chi connectivity index (χ0n) is 8.91. The Labute approximate surface area is 95.4 Å². The Bertz CT molecular complexity index is 321. The molecule has 1 fully saturated rings. The Morgan fingerprint density at radius 2 is 2.20 bits per heavy atom. The average molecular weight is 226 g/mol. The van der Waals surface area contributed by atoms with Crippen molar-refractivity contribution >= 4 is 17.3 Å². The molecule has 0 spiro atoms. The minimum absolute atomic E-state index is 0.530. The van der Waals surface area contributed by atoms with Gasteiger partial charge in [0, 0.05) is 12.2 Å². The van der Waals surface area contributed by atoms with Gasteiger partial charge in [-0.25, -0.2) is 4.98 Å². The summed E-state index contributed by atoms with van der Waals surface area (Å²) in [4.78, 5) is 6.40. The number of hydrogen-bond acceptors (Lipinski definition) is 3. The molecule has 4 heteroatoms. The van der Waals surface area contributed by atoms with Gasteiger partial charge in [-0.15, -0.1) is 0 Å². The Morgan fingerprint density at radius 1 is 1.47 bits per heavy atom. The molecule has 0 amide bonds. The van der Waals surface area contributed by atoms with Crippen LogP contribution in [-0.4, -0.2) is 36.1 Å². The van der Waals surface area contributed by atoms with Gasteiger partial charge >= 0.3 is 0 Å². The normalized spacial score (nSPS) is 19.1. The number of anilines is 1. The molecule has 15 heavy (non-hydrogen) atoms. The summed E-state index contributed by atoms with van der Waals surface area (Å²) in [7, 11) is 2.16. The van der Waals surface area contributed by atoms with Gasteiger partial charge in [-0.2, -0.15) is 0 Å². The van der Waals surface area contributed by atoms with Crippen LogP contribution in [0, 0.1) is 0 Å². The van der Waals surface area contributed by atoms with Gasteiger partial charge in [0.15, 0.2) is 5.15 Å². The molecule has 1 saturated heterocycles. The molecule has 0 aromatic carbocycles. The molecule has 1 aromatic rings. The van der Waals surface area contributed by atoms with Gasteiger partial charge in [-0.1, -0.05) is 11.6 Å². The zero-order valence-corrected chi connectivity index (χ0v) is 9.67. The van der Waals surface area contributed by atoms with Crippen LogP contribution < -0.4 is 5.32 Å². The van der Waals surface area contributed by atoms with E-state index in [2.05, 4.69) is 22.2 Å². The summed E-state index contributed by atoms with van der Waals surface area (Å²) in [6, 6.07) is 4.42. The maximum Gasteiger partial charge on any atom is 0.152 e. The first-order valence-corrected chi connectivity index (χ1v) is 5.69. The Kier molecular flexibility index (Phi) is 3.44. The summed E-state index contributed by atoms with van der Waals surface area (Å²) in [5.41, 5.74) is 0.953. The van der Waals surface area contributed by atoms with E-state index in [1.54, 1.807) is 6.20 Å². The van der Waals surface area contributed by atoms with Crippen LogP contribution in [0.15, 0.2) is 18.3 Å². The van der Waals surface area contributed by atoms with Crippen molar-refractivity contribution in [2.75, 3.05) is 25.5 Å². The number of aromatic nitrogens is 1. The standard InChI is InChI=1S/C11H16ClN3/c1-15-7-4-9(5-8-15)14-10-3-2-6-13-11(10)12/h2-3,6,9,14H,4-5,7-8H2,1H3. The molecule has 0 bridgehead atoms. The molecular formula is C11H16ClN3. The fourth-order valence-electron chi connectivity index (χ4n) is 1.87. The Balaban J connectivity index is 1.95. The lowest BCUT2D eigenvalue weighted by Crippen LogP contribution is -2.36. The molecule has 0 aliphatic carbocycles. The minimum atomic E-state index is 0.530. The van der Waals surface area contributed by atoms with Crippen LogP contribution in [-0.2, 0) is 0 Å². The molecule has 1 aliphatic rings. The molecule has 2 rings (SSSR count). The second-order valence-corrected chi connectivity index (χ2v) is 4.42. The lowest BCUT2D eigenvalue weighted by atomic mass is 10.1. The zero-order chi connectivity index (χ0) is 10.7. The van der Waals surface area contributed by atoms with E-state index in [0.717, 1.165) is 18.8 Å². The summed E-state index contributed by atoms with van der Waals surface area (Å²) >= 11 is 5.99. The number of halogens is 1. The van der Waals surface area contributed by atoms with Crippen molar-refractivity contribution in [3.8, 4) is 0 Å². The van der Waals surface area contributed by atoms with Gasteiger partial charge in [0.25, 0.3) is 0 Å². The summed E-state index contributed by atoms with van der Waals surface area (Å²) in [6.45, 7) is 2.30. The largest absolute Gasteiger partial charge is 0.380 e. The highest BCUT2D eigenvalue weighted by atomic mass is 35.5. The van der Waals surface area contributed by atoms with E-state index in [-0.39, 0.29) is 0 Å². The third-order valence-corrected chi connectivity index (χ3v) is 3.14. The molecule has 0 unspecified atom stereocenters. The summed E-state index contributed by atoms with van der Waals surface area (Å²) in [6.07, 6.45) is 4.05. The third kappa shape index (κ3) is 2.83. The van der Waals surface area contributed by atoms with Crippen molar-refractivity contribution in [1.29, 1.82) is 0 Å². The summed E-state index contributed by atoms with van der Waals surface area (Å²) in [5, 5.41) is 4.01. The first-order chi connectivity index (χ1) is 7.25. The van der Waals surface area contributed by atoms with Crippen LogP contribution in [0.4, 0.5) is 5.69 Å². The molecule has 1 aliphatic heterocycles. The molecule has 82 valence electrons. The highest BCUT2D eigenvalue weighted by molar-refractivity contribution is 6.31. The molecule has 0 radical (unpaired) electrons. The number of piperidine rings is 1. The SMILES string of the molecule is CN1CCC(Nc2cccnc2Cl)CC1. The van der Waals surface area contributed by atoms with Gasteiger partial charge in [-0.3, -0.25) is 0 Å². The van der Waals surface area contributed by atoms with Gasteiger partial charge < -0.3 is 10.2 Å². The van der Waals surface area contributed by atoms with E-state index in [9.17, 15) is 0 Å². The molecule has 1 aromatic heterocycles. The predicted molar refractivity (Wildman–Crippen MR) is 63.4 cm³/mol. The van der Waals surface area contributed by atoms with Crippen LogP contribution in [0.3, 0.4) is 0 Å². The lowest BCUT2D eigenvalue weighted by molar-refractivity contribution is 0.264. The molecular weight excluding hydrogens is 210 g/mol. The third-order valence-electron chi connectivity index (χ3n) is 2.84. The van der Waals surface area contributed by atoms with Crippen molar-refractivity contribution in [3.63, 3.8) is 0 Å². The fraction of sp³-hybridized carbons (Fsp3) is 0.545. The molecule has 1 N–H and O–H groups in total. The van der Waals surface area contributed by atoms with E-state index in [1.807, 2.05) is 12.1 Å². The smallest absolute Gasteiger partial charge is 0.152 e. The van der Waals surface area contributed by atoms with Crippen LogP contribution in [0.5, 0.6) is 0 Å². The molecule has 3 nitrogen and oxygen atoms in total. The number of hydrogen-bond donors (Lipinski definition) is 1. The maximum absolute atomic E-state index is 5.99. The van der Waals surface area contributed by atoms with Gasteiger partial charge in [-0.05, 0) is 45.1 Å². The average Bonchev–Trinajstić information content (AvgIpc) is 2.25. The summed E-state index contributed by atoms with van der Waals surface area (Å²) in [5.74, 6) is 0. The fourth-order valence-corrected chi connectivity index (χ4v) is 2.04. The van der Waals surface area contributed by atoms with E-state index in [0.29, 0.717) is 11.2 Å². The highest BCUT2D eigenvalue weighted by Crippen LogP contribution is 2.21. The number of nitrogens with zero attached hydrogens (tertiary/aromatic N) is 2. The lowest BCUT2D eigenvalue weighted by Gasteiger charge is -2.30. The van der Waals surface area contributed by atoms with Crippen LogP contribution in [0.25, 0.3) is 0 Å². The summed E-state index contributed by atoms with van der Waals surface area (Å²) < 4.78 is 0. The van der Waals surface area contributed by atoms with Crippen LogP contribution in [0.2, 0.25) is 5.15 Å². The number of nitrogens with one attached hydrogen (secondary N) is 1. The first-order valence-electron chi connectivity index (χ1n) is 5.31. The predicted octanol–water partition coefficient (Wildman–Crippen LogP) is 2.24. The van der Waals surface area contributed by atoms with E-state index < -0.39 is 0 Å². The van der Waals surface area contributed by atoms with Crippen molar-refractivity contribution < 1.29 is 0 Å². The van der Waals surface area contributed by atoms with E-state index in [1.165, 1.54) is 12.8 Å². The Hall–Kier alpha value is -0.800. The molecule has 2 heterocycles. The topological polar surface area (TPSA) is 28.2 Å².